The molecule has 2 unspecified atom stereocenters. The summed E-state index contributed by atoms with van der Waals surface area (Å²) >= 11 is 1.41. The van der Waals surface area contributed by atoms with Crippen molar-refractivity contribution in [3.63, 3.8) is 0 Å². The lowest BCUT2D eigenvalue weighted by Crippen LogP contribution is -2.54. The van der Waals surface area contributed by atoms with E-state index in [4.69, 9.17) is 4.74 Å². The van der Waals surface area contributed by atoms with Crippen LogP contribution in [0.3, 0.4) is 0 Å². The van der Waals surface area contributed by atoms with E-state index in [2.05, 4.69) is 53.8 Å². The molecule has 0 radical (unpaired) electrons. The lowest BCUT2D eigenvalue weighted by atomic mass is 9.90. The fourth-order valence-electron chi connectivity index (χ4n) is 4.45. The molecular formula is C29H36N4O3S. The Balaban J connectivity index is 1.29. The van der Waals surface area contributed by atoms with Gasteiger partial charge in [-0.25, -0.2) is 9.78 Å². The van der Waals surface area contributed by atoms with Gasteiger partial charge in [0.25, 0.3) is 5.91 Å². The summed E-state index contributed by atoms with van der Waals surface area (Å²) in [6.45, 7) is 6.72. The Kier molecular flexibility index (Phi) is 9.17. The molecule has 3 amide bonds. The maximum Gasteiger partial charge on any atom is 0.319 e. The van der Waals surface area contributed by atoms with Crippen molar-refractivity contribution in [1.82, 2.24) is 15.6 Å². The quantitative estimate of drug-likeness (QED) is 0.310. The van der Waals surface area contributed by atoms with Crippen LogP contribution in [0.25, 0.3) is 0 Å². The normalized spacial score (nSPS) is 17.3. The summed E-state index contributed by atoms with van der Waals surface area (Å²) in [4.78, 5) is 30.0. The zero-order chi connectivity index (χ0) is 26.2. The molecule has 2 atom stereocenters. The Bertz CT molecular complexity index is 1170. The average molecular weight is 521 g/mol. The summed E-state index contributed by atoms with van der Waals surface area (Å²) in [5.74, 6) is 1.03. The molecule has 0 aliphatic heterocycles. The number of anilines is 1. The Morgan fingerprint density at radius 1 is 1.00 bits per heavy atom. The minimum Gasteiger partial charge on any atom is -0.486 e. The van der Waals surface area contributed by atoms with Crippen molar-refractivity contribution in [1.29, 1.82) is 0 Å². The summed E-state index contributed by atoms with van der Waals surface area (Å²) < 4.78 is 5.85. The SMILES string of the molecule is CCc1ccc(NC(=O)NC2CCCCC2NC(=O)c2csc(COc3ccc(C(C)C)cc3)n2)cc1. The van der Waals surface area contributed by atoms with Crippen molar-refractivity contribution < 1.29 is 14.3 Å². The molecule has 3 aromatic rings. The van der Waals surface area contributed by atoms with Crippen molar-refractivity contribution in [2.75, 3.05) is 5.32 Å². The zero-order valence-corrected chi connectivity index (χ0v) is 22.6. The Morgan fingerprint density at radius 2 is 1.68 bits per heavy atom. The summed E-state index contributed by atoms with van der Waals surface area (Å²) in [6.07, 6.45) is 4.61. The van der Waals surface area contributed by atoms with E-state index < -0.39 is 0 Å². The van der Waals surface area contributed by atoms with E-state index >= 15 is 0 Å². The number of hydrogen-bond donors (Lipinski definition) is 3. The number of aryl methyl sites for hydroxylation is 1. The molecule has 37 heavy (non-hydrogen) atoms. The van der Waals surface area contributed by atoms with Gasteiger partial charge in [-0.2, -0.15) is 0 Å². The third-order valence-electron chi connectivity index (χ3n) is 6.71. The number of thiazole rings is 1. The first-order valence-electron chi connectivity index (χ1n) is 13.1. The zero-order valence-electron chi connectivity index (χ0n) is 21.8. The van der Waals surface area contributed by atoms with Gasteiger partial charge in [-0.3, -0.25) is 4.79 Å². The smallest absolute Gasteiger partial charge is 0.319 e. The molecule has 3 N–H and O–H groups in total. The van der Waals surface area contributed by atoms with Crippen LogP contribution in [0.1, 0.15) is 79.0 Å². The number of carbonyl (C=O) groups is 2. The van der Waals surface area contributed by atoms with Gasteiger partial charge in [0, 0.05) is 17.1 Å². The number of nitrogens with one attached hydrogen (secondary N) is 3. The van der Waals surface area contributed by atoms with E-state index in [0.29, 0.717) is 18.2 Å². The Morgan fingerprint density at radius 3 is 2.32 bits per heavy atom. The van der Waals surface area contributed by atoms with Crippen LogP contribution in [0.2, 0.25) is 0 Å². The molecule has 7 nitrogen and oxygen atoms in total. The van der Waals surface area contributed by atoms with Gasteiger partial charge in [0.2, 0.25) is 0 Å². The van der Waals surface area contributed by atoms with Crippen LogP contribution in [0.15, 0.2) is 53.9 Å². The summed E-state index contributed by atoms with van der Waals surface area (Å²) in [6, 6.07) is 15.3. The number of nitrogens with zero attached hydrogens (tertiary/aromatic N) is 1. The van der Waals surface area contributed by atoms with E-state index in [-0.39, 0.29) is 24.0 Å². The molecule has 4 rings (SSSR count). The lowest BCUT2D eigenvalue weighted by Gasteiger charge is -2.32. The molecular weight excluding hydrogens is 484 g/mol. The molecule has 0 spiro atoms. The predicted octanol–water partition coefficient (Wildman–Crippen LogP) is 6.27. The molecule has 8 heteroatoms. The van der Waals surface area contributed by atoms with Gasteiger partial charge in [0.05, 0.1) is 6.04 Å². The van der Waals surface area contributed by atoms with Gasteiger partial charge in [0.15, 0.2) is 0 Å². The third-order valence-corrected chi connectivity index (χ3v) is 7.53. The second kappa shape index (κ2) is 12.7. The average Bonchev–Trinajstić information content (AvgIpc) is 3.38. The van der Waals surface area contributed by atoms with Crippen molar-refractivity contribution in [3.05, 3.63) is 75.7 Å². The van der Waals surface area contributed by atoms with Crippen LogP contribution < -0.4 is 20.7 Å². The molecule has 0 saturated heterocycles. The molecule has 1 fully saturated rings. The van der Waals surface area contributed by atoms with Crippen molar-refractivity contribution in [2.24, 2.45) is 0 Å². The molecule has 196 valence electrons. The van der Waals surface area contributed by atoms with E-state index in [1.165, 1.54) is 22.5 Å². The Hall–Kier alpha value is -3.39. The minimum absolute atomic E-state index is 0.136. The van der Waals surface area contributed by atoms with E-state index in [1.54, 1.807) is 5.38 Å². The van der Waals surface area contributed by atoms with Gasteiger partial charge in [-0.15, -0.1) is 11.3 Å². The first kappa shape index (κ1) is 26.7. The molecule has 1 aromatic heterocycles. The number of urea groups is 1. The van der Waals surface area contributed by atoms with Crippen LogP contribution in [-0.2, 0) is 13.0 Å². The Labute approximate surface area is 223 Å². The highest BCUT2D eigenvalue weighted by Crippen LogP contribution is 2.22. The summed E-state index contributed by atoms with van der Waals surface area (Å²) in [5.41, 5.74) is 3.61. The van der Waals surface area contributed by atoms with Crippen LogP contribution in [0.5, 0.6) is 5.75 Å². The molecule has 2 aromatic carbocycles. The van der Waals surface area contributed by atoms with Crippen LogP contribution in [-0.4, -0.2) is 29.0 Å². The van der Waals surface area contributed by atoms with E-state index in [1.807, 2.05) is 36.4 Å². The number of benzene rings is 2. The highest BCUT2D eigenvalue weighted by Gasteiger charge is 2.28. The lowest BCUT2D eigenvalue weighted by molar-refractivity contribution is 0.0911. The monoisotopic (exact) mass is 520 g/mol. The van der Waals surface area contributed by atoms with Gasteiger partial charge < -0.3 is 20.7 Å². The fourth-order valence-corrected chi connectivity index (χ4v) is 5.14. The first-order chi connectivity index (χ1) is 17.9. The minimum atomic E-state index is -0.259. The number of hydrogen-bond acceptors (Lipinski definition) is 5. The van der Waals surface area contributed by atoms with Crippen LogP contribution in [0.4, 0.5) is 10.5 Å². The second-order valence-corrected chi connectivity index (χ2v) is 10.7. The number of rotatable bonds is 9. The van der Waals surface area contributed by atoms with E-state index in [0.717, 1.165) is 48.5 Å². The highest BCUT2D eigenvalue weighted by molar-refractivity contribution is 7.09. The molecule has 1 aliphatic rings. The third kappa shape index (κ3) is 7.55. The fraction of sp³-hybridized carbons (Fsp3) is 0.414. The van der Waals surface area contributed by atoms with Crippen molar-refractivity contribution >= 4 is 29.0 Å². The summed E-state index contributed by atoms with van der Waals surface area (Å²) in [7, 11) is 0. The molecule has 0 bridgehead atoms. The number of aromatic nitrogens is 1. The maximum atomic E-state index is 12.9. The van der Waals surface area contributed by atoms with Crippen LogP contribution in [0, 0.1) is 0 Å². The number of carbonyl (C=O) groups excluding carboxylic acids is 2. The largest absolute Gasteiger partial charge is 0.486 e. The maximum absolute atomic E-state index is 12.9. The van der Waals surface area contributed by atoms with E-state index in [9.17, 15) is 9.59 Å². The van der Waals surface area contributed by atoms with Crippen LogP contribution >= 0.6 is 11.3 Å². The predicted molar refractivity (Wildman–Crippen MR) is 148 cm³/mol. The molecule has 1 aliphatic carbocycles. The number of ether oxygens (including phenoxy) is 1. The highest BCUT2D eigenvalue weighted by atomic mass is 32.1. The summed E-state index contributed by atoms with van der Waals surface area (Å²) in [5, 5.41) is 11.5. The van der Waals surface area contributed by atoms with Gasteiger partial charge >= 0.3 is 6.03 Å². The number of amides is 3. The van der Waals surface area contributed by atoms with Gasteiger partial charge in [-0.05, 0) is 60.6 Å². The standard InChI is InChI=1S/C29H36N4O3S/c1-4-20-9-13-22(14-10-20)30-29(35)33-25-8-6-5-7-24(25)32-28(34)26-18-37-27(31-26)17-36-23-15-11-21(12-16-23)19(2)3/h9-16,18-19,24-25H,4-8,17H2,1-3H3,(H,32,34)(H2,30,33,35). The van der Waals surface area contributed by atoms with Gasteiger partial charge in [-0.1, -0.05) is 57.9 Å². The molecule has 1 heterocycles. The first-order valence-corrected chi connectivity index (χ1v) is 13.9. The topological polar surface area (TPSA) is 92.4 Å². The molecule has 1 saturated carbocycles. The van der Waals surface area contributed by atoms with Gasteiger partial charge in [0.1, 0.15) is 23.1 Å². The van der Waals surface area contributed by atoms with Crippen molar-refractivity contribution in [2.45, 2.75) is 77.5 Å². The van der Waals surface area contributed by atoms with Crippen molar-refractivity contribution in [3.8, 4) is 5.75 Å². The second-order valence-electron chi connectivity index (χ2n) is 9.76.